The number of hydrogen-bond acceptors (Lipinski definition) is 4. The van der Waals surface area contributed by atoms with Gasteiger partial charge in [-0.05, 0) is 40.9 Å². The molecule has 0 radical (unpaired) electrons. The van der Waals surface area contributed by atoms with Gasteiger partial charge >= 0.3 is 0 Å². The quantitative estimate of drug-likeness (QED) is 0.886. The molecule has 5 heteroatoms. The molecule has 0 atom stereocenters. The maximum Gasteiger partial charge on any atom is 0.174 e. The van der Waals surface area contributed by atoms with Gasteiger partial charge in [-0.25, -0.2) is 0 Å². The van der Waals surface area contributed by atoms with Crippen LogP contribution in [0.5, 0.6) is 11.5 Å². The van der Waals surface area contributed by atoms with Gasteiger partial charge in [0.2, 0.25) is 0 Å². The Hall–Kier alpha value is -0.780. The molecule has 1 aliphatic heterocycles. The lowest BCUT2D eigenvalue weighted by atomic mass is 10.0. The first-order valence-corrected chi connectivity index (χ1v) is 7.40. The lowest BCUT2D eigenvalue weighted by Crippen LogP contribution is -2.44. The molecule has 0 spiro atoms. The Kier molecular flexibility index (Phi) is 5.07. The first kappa shape index (κ1) is 14.6. The lowest BCUT2D eigenvalue weighted by molar-refractivity contribution is 0.243. The summed E-state index contributed by atoms with van der Waals surface area (Å²) in [7, 11) is 1.58. The number of aryl methyl sites for hydroxylation is 1. The van der Waals surface area contributed by atoms with E-state index >= 15 is 0 Å². The molecule has 0 bridgehead atoms. The van der Waals surface area contributed by atoms with Crippen LogP contribution in [-0.2, 0) is 6.42 Å². The van der Waals surface area contributed by atoms with Crippen molar-refractivity contribution in [3.05, 3.63) is 21.7 Å². The normalized spacial score (nSPS) is 16.6. The number of nitrogens with one attached hydrogen (secondary N) is 1. The van der Waals surface area contributed by atoms with Crippen LogP contribution in [0.15, 0.2) is 10.5 Å². The number of methoxy groups -OCH3 is 1. The van der Waals surface area contributed by atoms with Crippen molar-refractivity contribution >= 4 is 15.9 Å². The van der Waals surface area contributed by atoms with Gasteiger partial charge in [-0.3, -0.25) is 0 Å². The van der Waals surface area contributed by atoms with Crippen LogP contribution in [-0.4, -0.2) is 49.8 Å². The highest BCUT2D eigenvalue weighted by Crippen LogP contribution is 2.39. The molecule has 106 valence electrons. The first-order valence-electron chi connectivity index (χ1n) is 6.61. The van der Waals surface area contributed by atoms with Crippen molar-refractivity contribution in [3.63, 3.8) is 0 Å². The molecule has 2 N–H and O–H groups in total. The Morgan fingerprint density at radius 3 is 2.74 bits per heavy atom. The predicted molar refractivity (Wildman–Crippen MR) is 80.1 cm³/mol. The molecule has 1 heterocycles. The Morgan fingerprint density at radius 2 is 2.11 bits per heavy atom. The molecule has 0 aromatic heterocycles. The molecule has 0 unspecified atom stereocenters. The van der Waals surface area contributed by atoms with Crippen LogP contribution in [0.25, 0.3) is 0 Å². The maximum absolute atomic E-state index is 10.3. The van der Waals surface area contributed by atoms with E-state index in [1.165, 1.54) is 0 Å². The third-order valence-electron chi connectivity index (χ3n) is 3.63. The van der Waals surface area contributed by atoms with E-state index in [1.807, 2.05) is 13.0 Å². The van der Waals surface area contributed by atoms with Gasteiger partial charge in [0.1, 0.15) is 0 Å². The second kappa shape index (κ2) is 6.59. The minimum atomic E-state index is 0.268. The van der Waals surface area contributed by atoms with Crippen LogP contribution < -0.4 is 10.1 Å². The van der Waals surface area contributed by atoms with Gasteiger partial charge in [-0.2, -0.15) is 0 Å². The average molecular weight is 329 g/mol. The van der Waals surface area contributed by atoms with E-state index in [1.54, 1.807) is 7.11 Å². The van der Waals surface area contributed by atoms with Gasteiger partial charge < -0.3 is 20.1 Å². The number of rotatable bonds is 4. The molecular weight excluding hydrogens is 308 g/mol. The molecule has 1 saturated heterocycles. The summed E-state index contributed by atoms with van der Waals surface area (Å²) in [5.74, 6) is 0.797. The second-order valence-electron chi connectivity index (χ2n) is 4.88. The third kappa shape index (κ3) is 3.41. The summed E-state index contributed by atoms with van der Waals surface area (Å²) in [5.41, 5.74) is 2.08. The summed E-state index contributed by atoms with van der Waals surface area (Å²) >= 11 is 3.42. The molecule has 19 heavy (non-hydrogen) atoms. The minimum Gasteiger partial charge on any atom is -0.504 e. The highest BCUT2D eigenvalue weighted by atomic mass is 79.9. The molecule has 4 nitrogen and oxygen atoms in total. The van der Waals surface area contributed by atoms with Crippen molar-refractivity contribution in [2.24, 2.45) is 0 Å². The SMILES string of the molecule is COc1c(Br)cc(C)c(CCN2CCNCC2)c1O. The van der Waals surface area contributed by atoms with Crippen LogP contribution in [0.4, 0.5) is 0 Å². The molecule has 1 aromatic rings. The van der Waals surface area contributed by atoms with Crippen molar-refractivity contribution < 1.29 is 9.84 Å². The number of ether oxygens (including phenoxy) is 1. The van der Waals surface area contributed by atoms with Crippen molar-refractivity contribution in [2.75, 3.05) is 39.8 Å². The van der Waals surface area contributed by atoms with Gasteiger partial charge in [0, 0.05) is 38.3 Å². The number of piperazine rings is 1. The van der Waals surface area contributed by atoms with Gasteiger partial charge in [0.15, 0.2) is 11.5 Å². The topological polar surface area (TPSA) is 44.7 Å². The van der Waals surface area contributed by atoms with Crippen molar-refractivity contribution in [3.8, 4) is 11.5 Å². The zero-order valence-corrected chi connectivity index (χ0v) is 13.1. The predicted octanol–water partition coefficient (Wildman–Crippen LogP) is 1.92. The number of nitrogens with zero attached hydrogens (tertiary/aromatic N) is 1. The van der Waals surface area contributed by atoms with Crippen LogP contribution in [0.2, 0.25) is 0 Å². The summed E-state index contributed by atoms with van der Waals surface area (Å²) in [4.78, 5) is 2.42. The lowest BCUT2D eigenvalue weighted by Gasteiger charge is -2.27. The number of hydrogen-bond donors (Lipinski definition) is 2. The van der Waals surface area contributed by atoms with Gasteiger partial charge in [0.25, 0.3) is 0 Å². The van der Waals surface area contributed by atoms with Crippen molar-refractivity contribution in [1.82, 2.24) is 10.2 Å². The van der Waals surface area contributed by atoms with Gasteiger partial charge in [-0.1, -0.05) is 0 Å². The van der Waals surface area contributed by atoms with Crippen molar-refractivity contribution in [1.29, 1.82) is 0 Å². The Balaban J connectivity index is 2.10. The molecule has 1 aliphatic rings. The summed E-state index contributed by atoms with van der Waals surface area (Å²) < 4.78 is 6.04. The van der Waals surface area contributed by atoms with Crippen molar-refractivity contribution in [2.45, 2.75) is 13.3 Å². The average Bonchev–Trinajstić information content (AvgIpc) is 2.39. The van der Waals surface area contributed by atoms with Crippen LogP contribution in [0.1, 0.15) is 11.1 Å². The molecule has 1 fully saturated rings. The van der Waals surface area contributed by atoms with E-state index in [9.17, 15) is 5.11 Å². The number of phenolic OH excluding ortho intramolecular Hbond substituents is 1. The third-order valence-corrected chi connectivity index (χ3v) is 4.22. The zero-order valence-electron chi connectivity index (χ0n) is 11.5. The summed E-state index contributed by atoms with van der Waals surface area (Å²) in [6.07, 6.45) is 0.849. The number of benzene rings is 1. The highest BCUT2D eigenvalue weighted by molar-refractivity contribution is 9.10. The smallest absolute Gasteiger partial charge is 0.174 e. The van der Waals surface area contributed by atoms with E-state index in [4.69, 9.17) is 4.74 Å². The van der Waals surface area contributed by atoms with Gasteiger partial charge in [-0.15, -0.1) is 0 Å². The van der Waals surface area contributed by atoms with Crippen LogP contribution in [0, 0.1) is 6.92 Å². The molecule has 0 aliphatic carbocycles. The van der Waals surface area contributed by atoms with E-state index in [2.05, 4.69) is 26.1 Å². The Bertz CT molecular complexity index is 446. The summed E-state index contributed by atoms with van der Waals surface area (Å²) in [6.45, 7) is 7.25. The molecular formula is C14H21BrN2O2. The fourth-order valence-corrected chi connectivity index (χ4v) is 3.19. The monoisotopic (exact) mass is 328 g/mol. The fraction of sp³-hybridized carbons (Fsp3) is 0.571. The summed E-state index contributed by atoms with van der Waals surface area (Å²) in [5, 5.41) is 13.6. The number of aromatic hydroxyl groups is 1. The maximum atomic E-state index is 10.3. The second-order valence-corrected chi connectivity index (χ2v) is 5.73. The van der Waals surface area contributed by atoms with E-state index < -0.39 is 0 Å². The zero-order chi connectivity index (χ0) is 13.8. The largest absolute Gasteiger partial charge is 0.504 e. The molecule has 1 aromatic carbocycles. The number of phenols is 1. The fourth-order valence-electron chi connectivity index (χ4n) is 2.49. The van der Waals surface area contributed by atoms with E-state index in [0.717, 1.165) is 54.7 Å². The standard InChI is InChI=1S/C14H21BrN2O2/c1-10-9-12(15)14(19-2)13(18)11(10)3-6-17-7-4-16-5-8-17/h9,16,18H,3-8H2,1-2H3. The number of halogens is 1. The Labute approximate surface area is 122 Å². The van der Waals surface area contributed by atoms with Crippen LogP contribution in [0.3, 0.4) is 0 Å². The van der Waals surface area contributed by atoms with Gasteiger partial charge in [0.05, 0.1) is 11.6 Å². The minimum absolute atomic E-state index is 0.268. The van der Waals surface area contributed by atoms with E-state index in [0.29, 0.717) is 5.75 Å². The summed E-state index contributed by atoms with van der Waals surface area (Å²) in [6, 6.07) is 2.01. The highest BCUT2D eigenvalue weighted by Gasteiger charge is 2.16. The molecule has 2 rings (SSSR count). The van der Waals surface area contributed by atoms with Crippen LogP contribution >= 0.6 is 15.9 Å². The van der Waals surface area contributed by atoms with E-state index in [-0.39, 0.29) is 5.75 Å². The molecule has 0 amide bonds. The first-order chi connectivity index (χ1) is 9.13. The Morgan fingerprint density at radius 1 is 1.42 bits per heavy atom. The molecule has 0 saturated carbocycles.